The van der Waals surface area contributed by atoms with Gasteiger partial charge in [0.15, 0.2) is 5.76 Å². The lowest BCUT2D eigenvalue weighted by Crippen LogP contribution is -2.41. The van der Waals surface area contributed by atoms with Gasteiger partial charge in [0, 0.05) is 12.7 Å². The monoisotopic (exact) mass is 447 g/mol. The van der Waals surface area contributed by atoms with Gasteiger partial charge in [-0.15, -0.1) is 0 Å². The van der Waals surface area contributed by atoms with Gasteiger partial charge in [-0.3, -0.25) is 0 Å². The normalized spacial score (nSPS) is 17.9. The fourth-order valence-electron chi connectivity index (χ4n) is 4.25. The first-order valence-electron chi connectivity index (χ1n) is 11.7. The second-order valence-electron chi connectivity index (χ2n) is 9.82. The number of hydrogen-bond acceptors (Lipinski definition) is 5. The van der Waals surface area contributed by atoms with Crippen molar-refractivity contribution in [2.75, 3.05) is 7.11 Å². The number of rotatable bonds is 8. The van der Waals surface area contributed by atoms with E-state index in [1.807, 2.05) is 37.3 Å². The largest absolute Gasteiger partial charge is 0.494 e. The summed E-state index contributed by atoms with van der Waals surface area (Å²) in [5.41, 5.74) is 4.46. The minimum absolute atomic E-state index is 0.0715. The van der Waals surface area contributed by atoms with Gasteiger partial charge in [-0.25, -0.2) is 0 Å². The summed E-state index contributed by atoms with van der Waals surface area (Å²) < 4.78 is 24.0. The van der Waals surface area contributed by atoms with Crippen LogP contribution in [0.25, 0.3) is 11.3 Å². The third kappa shape index (κ3) is 4.93. The topological polar surface area (TPSA) is 53.7 Å². The van der Waals surface area contributed by atoms with Gasteiger partial charge in [-0.2, -0.15) is 0 Å². The predicted molar refractivity (Wildman–Crippen MR) is 132 cm³/mol. The first-order chi connectivity index (χ1) is 15.7. The molecule has 0 amide bonds. The molecule has 6 heteroatoms. The van der Waals surface area contributed by atoms with Crippen molar-refractivity contribution in [3.63, 3.8) is 0 Å². The van der Waals surface area contributed by atoms with Gasteiger partial charge in [0.25, 0.3) is 0 Å². The number of aromatic nitrogens is 1. The molecule has 0 N–H and O–H groups in total. The van der Waals surface area contributed by atoms with Gasteiger partial charge >= 0.3 is 7.12 Å². The van der Waals surface area contributed by atoms with Crippen molar-refractivity contribution in [2.45, 2.75) is 71.2 Å². The van der Waals surface area contributed by atoms with E-state index in [-0.39, 0.29) is 24.4 Å². The lowest BCUT2D eigenvalue weighted by atomic mass is 9.78. The van der Waals surface area contributed by atoms with Crippen LogP contribution in [0.1, 0.15) is 63.5 Å². The van der Waals surface area contributed by atoms with Gasteiger partial charge in [0.05, 0.1) is 28.6 Å². The molecule has 1 aromatic heterocycles. The summed E-state index contributed by atoms with van der Waals surface area (Å²) in [5.74, 6) is 0.763. The number of benzene rings is 2. The molecule has 0 bridgehead atoms. The molecule has 0 aliphatic carbocycles. The van der Waals surface area contributed by atoms with Crippen molar-refractivity contribution in [3.05, 3.63) is 71.4 Å². The Bertz CT molecular complexity index is 1040. The van der Waals surface area contributed by atoms with Crippen molar-refractivity contribution >= 4 is 12.6 Å². The second-order valence-corrected chi connectivity index (χ2v) is 9.82. The Balaban J connectivity index is 1.50. The zero-order valence-corrected chi connectivity index (χ0v) is 20.6. The highest BCUT2D eigenvalue weighted by atomic mass is 16.7. The van der Waals surface area contributed by atoms with E-state index in [1.165, 1.54) is 5.56 Å². The summed E-state index contributed by atoms with van der Waals surface area (Å²) in [6.45, 7) is 10.2. The van der Waals surface area contributed by atoms with Crippen molar-refractivity contribution in [3.8, 4) is 11.3 Å². The molecule has 1 aliphatic rings. The minimum atomic E-state index is -0.385. The Kier molecular flexibility index (Phi) is 6.80. The van der Waals surface area contributed by atoms with Crippen molar-refractivity contribution < 1.29 is 18.6 Å². The molecule has 33 heavy (non-hydrogen) atoms. The molecule has 0 saturated carbocycles. The van der Waals surface area contributed by atoms with Crippen molar-refractivity contribution in [1.29, 1.82) is 0 Å². The number of methoxy groups -OCH3 is 1. The molecule has 1 unspecified atom stereocenters. The minimum Gasteiger partial charge on any atom is -0.399 e. The first kappa shape index (κ1) is 23.7. The number of hydrogen-bond donors (Lipinski definition) is 0. The molecule has 3 aromatic rings. The van der Waals surface area contributed by atoms with Crippen LogP contribution in [0.15, 0.2) is 59.1 Å². The highest BCUT2D eigenvalue weighted by molar-refractivity contribution is 6.62. The van der Waals surface area contributed by atoms with E-state index < -0.39 is 0 Å². The van der Waals surface area contributed by atoms with Gasteiger partial charge < -0.3 is 18.6 Å². The summed E-state index contributed by atoms with van der Waals surface area (Å²) in [5, 5.41) is 4.26. The van der Waals surface area contributed by atoms with Gasteiger partial charge in [-0.1, -0.05) is 59.8 Å². The molecule has 2 heterocycles. The Labute approximate surface area is 197 Å². The highest BCUT2D eigenvalue weighted by Crippen LogP contribution is 2.37. The highest BCUT2D eigenvalue weighted by Gasteiger charge is 2.51. The van der Waals surface area contributed by atoms with E-state index >= 15 is 0 Å². The van der Waals surface area contributed by atoms with Crippen LogP contribution in [-0.4, -0.2) is 30.6 Å². The molecular formula is C27H34BNO4. The predicted octanol–water partition coefficient (Wildman–Crippen LogP) is 5.66. The van der Waals surface area contributed by atoms with Gasteiger partial charge in [-0.05, 0) is 64.9 Å². The fraction of sp³-hybridized carbons (Fsp3) is 0.444. The summed E-state index contributed by atoms with van der Waals surface area (Å²) >= 11 is 0. The maximum atomic E-state index is 6.18. The molecule has 2 aromatic carbocycles. The number of aryl methyl sites for hydroxylation is 2. The SMILES string of the molecule is COC(CCCc1ccccc1)c1c(C)noc1-c1ccc(B2OC(C)(C)C(C)(C)O2)cc1. The maximum Gasteiger partial charge on any atom is 0.494 e. The molecule has 0 radical (unpaired) electrons. The van der Waals surface area contributed by atoms with Crippen molar-refractivity contribution in [1.82, 2.24) is 5.16 Å². The van der Waals surface area contributed by atoms with Gasteiger partial charge in [0.2, 0.25) is 0 Å². The van der Waals surface area contributed by atoms with Gasteiger partial charge in [0.1, 0.15) is 0 Å². The number of nitrogens with zero attached hydrogens (tertiary/aromatic N) is 1. The second kappa shape index (κ2) is 9.45. The van der Waals surface area contributed by atoms with Crippen LogP contribution in [0, 0.1) is 6.92 Å². The smallest absolute Gasteiger partial charge is 0.399 e. The van der Waals surface area contributed by atoms with Crippen LogP contribution >= 0.6 is 0 Å². The first-order valence-corrected chi connectivity index (χ1v) is 11.7. The molecule has 174 valence electrons. The summed E-state index contributed by atoms with van der Waals surface area (Å²) in [4.78, 5) is 0. The molecule has 1 fully saturated rings. The van der Waals surface area contributed by atoms with Crippen LogP contribution in [-0.2, 0) is 20.5 Å². The third-order valence-electron chi connectivity index (χ3n) is 6.99. The van der Waals surface area contributed by atoms with Crippen LogP contribution in [0.4, 0.5) is 0 Å². The standard InChI is InChI=1S/C27H34BNO4/c1-19-24(23(30-6)14-10-13-20-11-8-7-9-12-20)25(31-29-19)21-15-17-22(18-16-21)28-32-26(2,3)27(4,5)33-28/h7-9,11-12,15-18,23H,10,13-14H2,1-6H3. The van der Waals surface area contributed by atoms with E-state index in [4.69, 9.17) is 18.6 Å². The summed E-state index contributed by atoms with van der Waals surface area (Å²) in [6, 6.07) is 18.7. The summed E-state index contributed by atoms with van der Waals surface area (Å²) in [7, 11) is 1.37. The molecule has 1 aliphatic heterocycles. The summed E-state index contributed by atoms with van der Waals surface area (Å²) in [6.07, 6.45) is 2.86. The van der Waals surface area contributed by atoms with E-state index in [9.17, 15) is 0 Å². The van der Waals surface area contributed by atoms with E-state index in [1.54, 1.807) is 7.11 Å². The lowest BCUT2D eigenvalue weighted by molar-refractivity contribution is 0.00578. The molecule has 1 atom stereocenters. The maximum absolute atomic E-state index is 6.18. The van der Waals surface area contributed by atoms with Crippen LogP contribution < -0.4 is 5.46 Å². The number of ether oxygens (including phenoxy) is 1. The van der Waals surface area contributed by atoms with E-state index in [0.29, 0.717) is 0 Å². The molecule has 4 rings (SSSR count). The van der Waals surface area contributed by atoms with Crippen LogP contribution in [0.3, 0.4) is 0 Å². The van der Waals surface area contributed by atoms with Crippen LogP contribution in [0.2, 0.25) is 0 Å². The van der Waals surface area contributed by atoms with E-state index in [0.717, 1.165) is 47.3 Å². The van der Waals surface area contributed by atoms with E-state index in [2.05, 4.69) is 57.1 Å². The Morgan fingerprint density at radius 2 is 1.58 bits per heavy atom. The zero-order valence-electron chi connectivity index (χ0n) is 20.6. The Morgan fingerprint density at radius 1 is 0.939 bits per heavy atom. The average molecular weight is 447 g/mol. The molecule has 0 spiro atoms. The quantitative estimate of drug-likeness (QED) is 0.417. The molecule has 5 nitrogen and oxygen atoms in total. The molecule has 1 saturated heterocycles. The van der Waals surface area contributed by atoms with Crippen molar-refractivity contribution in [2.24, 2.45) is 0 Å². The zero-order chi connectivity index (χ0) is 23.6. The van der Waals surface area contributed by atoms with Crippen LogP contribution in [0.5, 0.6) is 0 Å². The lowest BCUT2D eigenvalue weighted by Gasteiger charge is -2.32. The Morgan fingerprint density at radius 3 is 2.18 bits per heavy atom. The Hall–Kier alpha value is -2.41. The average Bonchev–Trinajstić information content (AvgIpc) is 3.27. The fourth-order valence-corrected chi connectivity index (χ4v) is 4.25. The third-order valence-corrected chi connectivity index (χ3v) is 6.99. The molecular weight excluding hydrogens is 413 g/mol.